The topological polar surface area (TPSA) is 23.8 Å². The Bertz CT molecular complexity index is 518. The summed E-state index contributed by atoms with van der Waals surface area (Å²) in [4.78, 5) is 0. The van der Waals surface area contributed by atoms with E-state index in [0.29, 0.717) is 0 Å². The van der Waals surface area contributed by atoms with Crippen LogP contribution >= 0.6 is 11.3 Å². The summed E-state index contributed by atoms with van der Waals surface area (Å²) in [6.07, 6.45) is 0.944. The lowest BCUT2D eigenvalue weighted by atomic mass is 9.77. The van der Waals surface area contributed by atoms with Crippen LogP contribution in [0.2, 0.25) is 0 Å². The van der Waals surface area contributed by atoms with E-state index in [1.54, 1.807) is 11.3 Å². The molecule has 1 heterocycles. The zero-order chi connectivity index (χ0) is 8.84. The van der Waals surface area contributed by atoms with Crippen molar-refractivity contribution in [3.8, 4) is 6.07 Å². The van der Waals surface area contributed by atoms with Gasteiger partial charge in [-0.1, -0.05) is 6.07 Å². The first-order valence-electron chi connectivity index (χ1n) is 4.29. The van der Waals surface area contributed by atoms with Gasteiger partial charge >= 0.3 is 0 Å². The van der Waals surface area contributed by atoms with Gasteiger partial charge in [0.2, 0.25) is 0 Å². The maximum absolute atomic E-state index is 8.81. The Hall–Kier alpha value is -1.33. The van der Waals surface area contributed by atoms with Gasteiger partial charge in [-0.15, -0.1) is 11.3 Å². The second kappa shape index (κ2) is 2.34. The van der Waals surface area contributed by atoms with Crippen molar-refractivity contribution in [3.05, 3.63) is 34.7 Å². The standard InChI is InChI=1S/C11H7NS/c12-6-7-5-10-8(7)1-2-11-9(10)3-4-13-11/h1-4,7H,5H2. The largest absolute Gasteiger partial charge is 0.198 e. The summed E-state index contributed by atoms with van der Waals surface area (Å²) in [6, 6.07) is 8.71. The molecule has 62 valence electrons. The molecule has 0 saturated heterocycles. The Labute approximate surface area is 80.2 Å². The molecule has 0 saturated carbocycles. The SMILES string of the molecule is N#CC1Cc2c1ccc1sccc21. The van der Waals surface area contributed by atoms with Crippen molar-refractivity contribution < 1.29 is 0 Å². The number of rotatable bonds is 0. The van der Waals surface area contributed by atoms with Gasteiger partial charge in [-0.2, -0.15) is 5.26 Å². The van der Waals surface area contributed by atoms with Crippen LogP contribution in [-0.2, 0) is 6.42 Å². The van der Waals surface area contributed by atoms with Crippen molar-refractivity contribution in [2.45, 2.75) is 12.3 Å². The molecule has 0 aliphatic heterocycles. The fraction of sp³-hybridized carbons (Fsp3) is 0.182. The lowest BCUT2D eigenvalue weighted by Crippen LogP contribution is -2.15. The quantitative estimate of drug-likeness (QED) is 0.618. The molecular formula is C11H7NS. The summed E-state index contributed by atoms with van der Waals surface area (Å²) < 4.78 is 1.34. The summed E-state index contributed by atoms with van der Waals surface area (Å²) >= 11 is 1.77. The van der Waals surface area contributed by atoms with Gasteiger partial charge in [0.05, 0.1) is 12.0 Å². The maximum Gasteiger partial charge on any atom is 0.0756 e. The molecule has 13 heavy (non-hydrogen) atoms. The van der Waals surface area contributed by atoms with Crippen LogP contribution in [0.3, 0.4) is 0 Å². The minimum absolute atomic E-state index is 0.152. The van der Waals surface area contributed by atoms with Crippen molar-refractivity contribution in [3.63, 3.8) is 0 Å². The first kappa shape index (κ1) is 7.11. The van der Waals surface area contributed by atoms with Crippen LogP contribution in [0.1, 0.15) is 17.0 Å². The summed E-state index contributed by atoms with van der Waals surface area (Å²) in [5, 5.41) is 12.3. The molecule has 1 nitrogen and oxygen atoms in total. The van der Waals surface area contributed by atoms with E-state index in [1.165, 1.54) is 21.2 Å². The van der Waals surface area contributed by atoms with Gasteiger partial charge in [0.15, 0.2) is 0 Å². The third kappa shape index (κ3) is 0.800. The highest BCUT2D eigenvalue weighted by Crippen LogP contribution is 2.40. The van der Waals surface area contributed by atoms with Gasteiger partial charge in [0, 0.05) is 4.70 Å². The first-order chi connectivity index (χ1) is 6.40. The third-order valence-corrected chi connectivity index (χ3v) is 3.60. The fourth-order valence-electron chi connectivity index (χ4n) is 1.97. The highest BCUT2D eigenvalue weighted by atomic mass is 32.1. The molecule has 1 aliphatic rings. The zero-order valence-electron chi connectivity index (χ0n) is 6.95. The first-order valence-corrected chi connectivity index (χ1v) is 5.16. The molecule has 0 bridgehead atoms. The van der Waals surface area contributed by atoms with Crippen LogP contribution in [0.15, 0.2) is 23.6 Å². The summed E-state index contributed by atoms with van der Waals surface area (Å²) in [6.45, 7) is 0. The molecule has 1 aliphatic carbocycles. The second-order valence-electron chi connectivity index (χ2n) is 3.35. The van der Waals surface area contributed by atoms with E-state index >= 15 is 0 Å². The molecule has 2 aromatic rings. The highest BCUT2D eigenvalue weighted by molar-refractivity contribution is 7.17. The molecule has 0 spiro atoms. The molecule has 1 aromatic heterocycles. The zero-order valence-corrected chi connectivity index (χ0v) is 7.77. The lowest BCUT2D eigenvalue weighted by molar-refractivity contribution is 0.754. The molecule has 0 amide bonds. The molecule has 0 radical (unpaired) electrons. The normalized spacial score (nSPS) is 19.2. The average molecular weight is 185 g/mol. The number of hydrogen-bond acceptors (Lipinski definition) is 2. The van der Waals surface area contributed by atoms with Crippen molar-refractivity contribution in [2.75, 3.05) is 0 Å². The lowest BCUT2D eigenvalue weighted by Gasteiger charge is -2.25. The van der Waals surface area contributed by atoms with Gasteiger partial charge in [-0.05, 0) is 40.4 Å². The van der Waals surface area contributed by atoms with Gasteiger partial charge in [-0.3, -0.25) is 0 Å². The van der Waals surface area contributed by atoms with E-state index in [4.69, 9.17) is 5.26 Å². The van der Waals surface area contributed by atoms with Crippen LogP contribution in [-0.4, -0.2) is 0 Å². The van der Waals surface area contributed by atoms with Gasteiger partial charge in [0.1, 0.15) is 0 Å². The van der Waals surface area contributed by atoms with E-state index in [-0.39, 0.29) is 5.92 Å². The van der Waals surface area contributed by atoms with Crippen LogP contribution in [0, 0.1) is 11.3 Å². The molecule has 3 rings (SSSR count). The Morgan fingerprint density at radius 1 is 1.38 bits per heavy atom. The average Bonchev–Trinajstić information content (AvgIpc) is 2.52. The Morgan fingerprint density at radius 3 is 3.15 bits per heavy atom. The van der Waals surface area contributed by atoms with Gasteiger partial charge in [-0.25, -0.2) is 0 Å². The molecule has 1 aromatic carbocycles. The van der Waals surface area contributed by atoms with Crippen molar-refractivity contribution in [1.82, 2.24) is 0 Å². The number of benzene rings is 1. The van der Waals surface area contributed by atoms with Crippen LogP contribution in [0.25, 0.3) is 10.1 Å². The van der Waals surface area contributed by atoms with Crippen LogP contribution in [0.5, 0.6) is 0 Å². The highest BCUT2D eigenvalue weighted by Gasteiger charge is 2.27. The Morgan fingerprint density at radius 2 is 2.31 bits per heavy atom. The third-order valence-electron chi connectivity index (χ3n) is 2.72. The molecular weight excluding hydrogens is 178 g/mol. The summed E-state index contributed by atoms with van der Waals surface area (Å²) in [5.41, 5.74) is 2.64. The molecule has 0 N–H and O–H groups in total. The minimum atomic E-state index is 0.152. The van der Waals surface area contributed by atoms with E-state index < -0.39 is 0 Å². The number of nitrogens with zero attached hydrogens (tertiary/aromatic N) is 1. The van der Waals surface area contributed by atoms with Crippen molar-refractivity contribution in [1.29, 1.82) is 5.26 Å². The van der Waals surface area contributed by atoms with Crippen molar-refractivity contribution >= 4 is 21.4 Å². The van der Waals surface area contributed by atoms with E-state index in [9.17, 15) is 0 Å². The monoisotopic (exact) mass is 185 g/mol. The smallest absolute Gasteiger partial charge is 0.0756 e. The molecule has 1 unspecified atom stereocenters. The van der Waals surface area contributed by atoms with Crippen LogP contribution in [0.4, 0.5) is 0 Å². The predicted molar refractivity (Wildman–Crippen MR) is 53.9 cm³/mol. The maximum atomic E-state index is 8.81. The molecule has 1 atom stereocenters. The van der Waals surface area contributed by atoms with E-state index in [2.05, 4.69) is 29.6 Å². The number of fused-ring (bicyclic) bond motifs is 3. The second-order valence-corrected chi connectivity index (χ2v) is 4.30. The Kier molecular flexibility index (Phi) is 1.28. The predicted octanol–water partition coefficient (Wildman–Crippen LogP) is 3.06. The fourth-order valence-corrected chi connectivity index (χ4v) is 2.79. The molecule has 2 heteroatoms. The van der Waals surface area contributed by atoms with E-state index in [0.717, 1.165) is 6.42 Å². The van der Waals surface area contributed by atoms with Gasteiger partial charge in [0.25, 0.3) is 0 Å². The van der Waals surface area contributed by atoms with E-state index in [1.807, 2.05) is 0 Å². The number of thiophene rings is 1. The minimum Gasteiger partial charge on any atom is -0.198 e. The number of nitriles is 1. The van der Waals surface area contributed by atoms with Gasteiger partial charge < -0.3 is 0 Å². The number of hydrogen-bond donors (Lipinski definition) is 0. The summed E-state index contributed by atoms with van der Waals surface area (Å²) in [5.74, 6) is 0.152. The van der Waals surface area contributed by atoms with Crippen LogP contribution < -0.4 is 0 Å². The molecule has 0 fully saturated rings. The Balaban J connectivity index is 2.33. The van der Waals surface area contributed by atoms with Crippen molar-refractivity contribution in [2.24, 2.45) is 0 Å². The summed E-state index contributed by atoms with van der Waals surface area (Å²) in [7, 11) is 0.